The molecule has 1 fully saturated rings. The van der Waals surface area contributed by atoms with Crippen molar-refractivity contribution in [2.24, 2.45) is 5.92 Å². The molecule has 0 heterocycles. The van der Waals surface area contributed by atoms with Gasteiger partial charge in [-0.05, 0) is 53.9 Å². The van der Waals surface area contributed by atoms with Gasteiger partial charge in [-0.3, -0.25) is 4.79 Å². The van der Waals surface area contributed by atoms with E-state index in [1.54, 1.807) is 34.6 Å². The number of carboxylic acids is 1. The van der Waals surface area contributed by atoms with Crippen molar-refractivity contribution in [2.45, 2.75) is 85.5 Å². The van der Waals surface area contributed by atoms with Crippen LogP contribution in [0.3, 0.4) is 0 Å². The Morgan fingerprint density at radius 2 is 1.64 bits per heavy atom. The van der Waals surface area contributed by atoms with E-state index < -0.39 is 17.7 Å². The number of hydrogen-bond donors (Lipinski definition) is 3. The number of aliphatic hydroxyl groups is 1. The molecular formula is C16H33NO5. The summed E-state index contributed by atoms with van der Waals surface area (Å²) >= 11 is 0. The highest BCUT2D eigenvalue weighted by Crippen LogP contribution is 2.25. The highest BCUT2D eigenvalue weighted by molar-refractivity contribution is 5.71. The van der Waals surface area contributed by atoms with Gasteiger partial charge < -0.3 is 20.3 Å². The van der Waals surface area contributed by atoms with Crippen molar-refractivity contribution in [3.63, 3.8) is 0 Å². The van der Waals surface area contributed by atoms with Crippen LogP contribution in [0.2, 0.25) is 0 Å². The summed E-state index contributed by atoms with van der Waals surface area (Å²) in [6.07, 6.45) is 1.18. The van der Waals surface area contributed by atoms with Gasteiger partial charge in [-0.1, -0.05) is 13.8 Å². The molecule has 132 valence electrons. The minimum Gasteiger partial charge on any atom is -0.481 e. The summed E-state index contributed by atoms with van der Waals surface area (Å²) < 4.78 is 5.10. The van der Waals surface area contributed by atoms with Crippen LogP contribution in [0.4, 0.5) is 4.79 Å². The van der Waals surface area contributed by atoms with Gasteiger partial charge in [-0.2, -0.15) is 0 Å². The van der Waals surface area contributed by atoms with E-state index in [-0.39, 0.29) is 18.1 Å². The summed E-state index contributed by atoms with van der Waals surface area (Å²) in [6.45, 7) is 12.8. The molecule has 3 N–H and O–H groups in total. The molecule has 0 spiro atoms. The Morgan fingerprint density at radius 3 is 1.95 bits per heavy atom. The molecule has 6 heteroatoms. The van der Waals surface area contributed by atoms with Crippen LogP contribution in [0.25, 0.3) is 0 Å². The number of carboxylic acid groups (broad SMARTS) is 1. The van der Waals surface area contributed by atoms with Crippen LogP contribution in [0, 0.1) is 5.92 Å². The molecule has 0 bridgehead atoms. The van der Waals surface area contributed by atoms with Gasteiger partial charge in [0.2, 0.25) is 0 Å². The predicted molar refractivity (Wildman–Crippen MR) is 86.8 cm³/mol. The molecule has 22 heavy (non-hydrogen) atoms. The number of rotatable bonds is 2. The number of ether oxygens (including phenoxy) is 1. The van der Waals surface area contributed by atoms with Crippen molar-refractivity contribution in [2.75, 3.05) is 0 Å². The number of aliphatic hydroxyl groups excluding tert-OH is 1. The first-order valence-corrected chi connectivity index (χ1v) is 7.91. The number of aliphatic carboxylic acids is 1. The van der Waals surface area contributed by atoms with E-state index in [1.165, 1.54) is 0 Å². The van der Waals surface area contributed by atoms with Crippen molar-refractivity contribution in [1.82, 2.24) is 5.32 Å². The SMILES string of the molecule is CC.CC(C)(C)OC(=O)NC1CCC(C(=O)O)C1.CC(C)O. The van der Waals surface area contributed by atoms with Crippen LogP contribution < -0.4 is 5.32 Å². The highest BCUT2D eigenvalue weighted by atomic mass is 16.6. The van der Waals surface area contributed by atoms with E-state index in [0.717, 1.165) is 0 Å². The molecule has 6 nitrogen and oxygen atoms in total. The molecule has 1 aliphatic rings. The maximum atomic E-state index is 11.4. The molecule has 1 aliphatic carbocycles. The molecule has 2 unspecified atom stereocenters. The lowest BCUT2D eigenvalue weighted by molar-refractivity contribution is -0.141. The van der Waals surface area contributed by atoms with Crippen molar-refractivity contribution in [3.05, 3.63) is 0 Å². The quantitative estimate of drug-likeness (QED) is 0.726. The van der Waals surface area contributed by atoms with Crippen molar-refractivity contribution < 1.29 is 24.5 Å². The number of amides is 1. The Kier molecular flexibility index (Phi) is 11.8. The van der Waals surface area contributed by atoms with E-state index in [0.29, 0.717) is 19.3 Å². The summed E-state index contributed by atoms with van der Waals surface area (Å²) in [7, 11) is 0. The number of carbonyl (C=O) groups excluding carboxylic acids is 1. The Morgan fingerprint density at radius 1 is 1.18 bits per heavy atom. The fourth-order valence-electron chi connectivity index (χ4n) is 1.81. The lowest BCUT2D eigenvalue weighted by Gasteiger charge is -2.21. The monoisotopic (exact) mass is 319 g/mol. The third-order valence-electron chi connectivity index (χ3n) is 2.50. The van der Waals surface area contributed by atoms with Crippen LogP contribution in [0.5, 0.6) is 0 Å². The molecular weight excluding hydrogens is 286 g/mol. The van der Waals surface area contributed by atoms with Gasteiger partial charge >= 0.3 is 12.1 Å². The fraction of sp³-hybridized carbons (Fsp3) is 0.875. The molecule has 0 aromatic rings. The number of carbonyl (C=O) groups is 2. The third-order valence-corrected chi connectivity index (χ3v) is 2.50. The van der Waals surface area contributed by atoms with Crippen LogP contribution in [-0.2, 0) is 9.53 Å². The molecule has 0 saturated heterocycles. The van der Waals surface area contributed by atoms with Gasteiger partial charge in [0.15, 0.2) is 0 Å². The smallest absolute Gasteiger partial charge is 0.407 e. The Balaban J connectivity index is 0. The van der Waals surface area contributed by atoms with E-state index in [4.69, 9.17) is 14.9 Å². The van der Waals surface area contributed by atoms with Crippen molar-refractivity contribution in [1.29, 1.82) is 0 Å². The molecule has 1 rings (SSSR count). The second-order valence-corrected chi connectivity index (χ2v) is 6.29. The van der Waals surface area contributed by atoms with Crippen LogP contribution >= 0.6 is 0 Å². The molecule has 1 saturated carbocycles. The Bertz CT molecular complexity index is 320. The standard InChI is InChI=1S/C11H19NO4.C3H8O.C2H6/c1-11(2,3)16-10(15)12-8-5-4-7(6-8)9(13)14;1-3(2)4;1-2/h7-8H,4-6H2,1-3H3,(H,12,15)(H,13,14);3-4H,1-2H3;1-2H3. The largest absolute Gasteiger partial charge is 0.481 e. The van der Waals surface area contributed by atoms with Gasteiger partial charge in [0.05, 0.1) is 5.92 Å². The van der Waals surface area contributed by atoms with E-state index in [2.05, 4.69) is 5.32 Å². The molecule has 2 atom stereocenters. The lowest BCUT2D eigenvalue weighted by Crippen LogP contribution is -2.38. The van der Waals surface area contributed by atoms with Gasteiger partial charge in [-0.25, -0.2) is 4.79 Å². The van der Waals surface area contributed by atoms with Crippen LogP contribution in [0.1, 0.15) is 67.7 Å². The van der Waals surface area contributed by atoms with Crippen LogP contribution in [0.15, 0.2) is 0 Å². The second kappa shape index (κ2) is 11.3. The maximum absolute atomic E-state index is 11.4. The highest BCUT2D eigenvalue weighted by Gasteiger charge is 2.31. The van der Waals surface area contributed by atoms with Gasteiger partial charge in [0.25, 0.3) is 0 Å². The zero-order valence-electron chi connectivity index (χ0n) is 15.0. The summed E-state index contributed by atoms with van der Waals surface area (Å²) in [5, 5.41) is 19.6. The third kappa shape index (κ3) is 13.7. The zero-order valence-corrected chi connectivity index (χ0v) is 15.0. The lowest BCUT2D eigenvalue weighted by atomic mass is 10.1. The molecule has 1 amide bonds. The summed E-state index contributed by atoms with van der Waals surface area (Å²) in [6, 6.07) is -0.0732. The van der Waals surface area contributed by atoms with Crippen LogP contribution in [-0.4, -0.2) is 40.0 Å². The Labute approximate surface area is 134 Å². The fourth-order valence-corrected chi connectivity index (χ4v) is 1.81. The van der Waals surface area contributed by atoms with Crippen molar-refractivity contribution in [3.8, 4) is 0 Å². The molecule has 0 radical (unpaired) electrons. The van der Waals surface area contributed by atoms with E-state index in [1.807, 2.05) is 13.8 Å². The summed E-state index contributed by atoms with van der Waals surface area (Å²) in [5.74, 6) is -1.12. The van der Waals surface area contributed by atoms with E-state index >= 15 is 0 Å². The number of nitrogens with one attached hydrogen (secondary N) is 1. The van der Waals surface area contributed by atoms with Gasteiger partial charge in [-0.15, -0.1) is 0 Å². The normalized spacial score (nSPS) is 20.2. The zero-order chi connectivity index (χ0) is 17.9. The topological polar surface area (TPSA) is 95.9 Å². The molecule has 0 aliphatic heterocycles. The predicted octanol–water partition coefficient (Wildman–Crippen LogP) is 3.18. The average Bonchev–Trinajstić information content (AvgIpc) is 2.76. The van der Waals surface area contributed by atoms with Crippen molar-refractivity contribution >= 4 is 12.1 Å². The first kappa shape index (κ1) is 23.0. The van der Waals surface area contributed by atoms with E-state index in [9.17, 15) is 9.59 Å². The first-order chi connectivity index (χ1) is 10.0. The minimum atomic E-state index is -0.784. The Hall–Kier alpha value is -1.30. The van der Waals surface area contributed by atoms with Gasteiger partial charge in [0.1, 0.15) is 5.60 Å². The summed E-state index contributed by atoms with van der Waals surface area (Å²) in [5.41, 5.74) is -0.519. The second-order valence-electron chi connectivity index (χ2n) is 6.29. The average molecular weight is 319 g/mol. The first-order valence-electron chi connectivity index (χ1n) is 7.91. The maximum Gasteiger partial charge on any atom is 0.407 e. The molecule has 0 aromatic carbocycles. The molecule has 0 aromatic heterocycles. The summed E-state index contributed by atoms with van der Waals surface area (Å²) in [4.78, 5) is 22.1. The number of alkyl carbamates (subject to hydrolysis) is 1. The number of hydrogen-bond acceptors (Lipinski definition) is 4. The van der Waals surface area contributed by atoms with Gasteiger partial charge in [0, 0.05) is 12.1 Å². The minimum absolute atomic E-state index is 0.0732.